The minimum Gasteiger partial charge on any atom is -0.302 e. The van der Waals surface area contributed by atoms with Crippen LogP contribution >= 0.6 is 12.4 Å². The molecule has 1 aromatic heterocycles. The van der Waals surface area contributed by atoms with Crippen LogP contribution in [0, 0.1) is 0 Å². The lowest BCUT2D eigenvalue weighted by molar-refractivity contribution is 0.221. The molecule has 4 heteroatoms. The molecule has 0 N–H and O–H groups in total. The van der Waals surface area contributed by atoms with Gasteiger partial charge in [0.2, 0.25) is 0 Å². The lowest BCUT2D eigenvalue weighted by atomic mass is 9.94. The topological polar surface area (TPSA) is 29.0 Å². The van der Waals surface area contributed by atoms with E-state index in [1.54, 1.807) is 12.4 Å². The van der Waals surface area contributed by atoms with E-state index in [1.807, 2.05) is 6.20 Å². The van der Waals surface area contributed by atoms with Gasteiger partial charge in [0.05, 0.1) is 5.69 Å². The van der Waals surface area contributed by atoms with Gasteiger partial charge in [0.1, 0.15) is 0 Å². The van der Waals surface area contributed by atoms with E-state index in [9.17, 15) is 0 Å². The molecule has 0 saturated carbocycles. The SMILES string of the molecule is Cl.c1ccc(C(CN2CCCCC2)c2cnccn2)cc1. The first-order valence-corrected chi connectivity index (χ1v) is 7.47. The van der Waals surface area contributed by atoms with Crippen LogP contribution in [0.25, 0.3) is 0 Å². The van der Waals surface area contributed by atoms with Crippen LogP contribution in [0.4, 0.5) is 0 Å². The number of aromatic nitrogens is 2. The summed E-state index contributed by atoms with van der Waals surface area (Å²) < 4.78 is 0. The van der Waals surface area contributed by atoms with Crippen molar-refractivity contribution >= 4 is 12.4 Å². The molecule has 1 unspecified atom stereocenters. The molecular formula is C17H22ClN3. The fourth-order valence-electron chi connectivity index (χ4n) is 2.95. The van der Waals surface area contributed by atoms with Crippen LogP contribution in [-0.4, -0.2) is 34.5 Å². The lowest BCUT2D eigenvalue weighted by Gasteiger charge is -2.30. The molecule has 21 heavy (non-hydrogen) atoms. The molecule has 2 aromatic rings. The molecule has 2 heterocycles. The number of likely N-dealkylation sites (tertiary alicyclic amines) is 1. The van der Waals surface area contributed by atoms with Gasteiger partial charge in [0.15, 0.2) is 0 Å². The zero-order valence-corrected chi connectivity index (χ0v) is 13.0. The van der Waals surface area contributed by atoms with E-state index in [1.165, 1.54) is 37.9 Å². The van der Waals surface area contributed by atoms with Crippen LogP contribution in [0.15, 0.2) is 48.9 Å². The Hall–Kier alpha value is -1.45. The van der Waals surface area contributed by atoms with Crippen LogP contribution in [0.3, 0.4) is 0 Å². The largest absolute Gasteiger partial charge is 0.302 e. The molecule has 1 atom stereocenters. The van der Waals surface area contributed by atoms with E-state index in [0.29, 0.717) is 5.92 Å². The Morgan fingerprint density at radius 3 is 2.43 bits per heavy atom. The van der Waals surface area contributed by atoms with E-state index in [4.69, 9.17) is 0 Å². The maximum atomic E-state index is 4.53. The maximum absolute atomic E-state index is 4.53. The third-order valence-corrected chi connectivity index (χ3v) is 4.03. The summed E-state index contributed by atoms with van der Waals surface area (Å²) in [7, 11) is 0. The summed E-state index contributed by atoms with van der Waals surface area (Å²) in [6.07, 6.45) is 9.46. The third kappa shape index (κ3) is 4.26. The summed E-state index contributed by atoms with van der Waals surface area (Å²) >= 11 is 0. The molecule has 0 spiro atoms. The highest BCUT2D eigenvalue weighted by atomic mass is 35.5. The second-order valence-corrected chi connectivity index (χ2v) is 5.45. The van der Waals surface area contributed by atoms with Gasteiger partial charge < -0.3 is 4.90 Å². The van der Waals surface area contributed by atoms with Gasteiger partial charge in [-0.25, -0.2) is 0 Å². The van der Waals surface area contributed by atoms with Gasteiger partial charge in [0.25, 0.3) is 0 Å². The Balaban J connectivity index is 0.00000161. The number of nitrogens with zero attached hydrogens (tertiary/aromatic N) is 3. The Bertz CT molecular complexity index is 473. The van der Waals surface area contributed by atoms with Gasteiger partial charge in [-0.15, -0.1) is 12.4 Å². The molecule has 1 aromatic carbocycles. The van der Waals surface area contributed by atoms with Gasteiger partial charge in [-0.3, -0.25) is 9.97 Å². The highest BCUT2D eigenvalue weighted by molar-refractivity contribution is 5.85. The summed E-state index contributed by atoms with van der Waals surface area (Å²) in [4.78, 5) is 11.3. The highest BCUT2D eigenvalue weighted by Crippen LogP contribution is 2.24. The normalized spacial score (nSPS) is 17.0. The quantitative estimate of drug-likeness (QED) is 0.865. The lowest BCUT2D eigenvalue weighted by Crippen LogP contribution is -2.34. The first-order chi connectivity index (χ1) is 9.93. The third-order valence-electron chi connectivity index (χ3n) is 4.03. The molecule has 1 aliphatic rings. The Morgan fingerprint density at radius 2 is 1.76 bits per heavy atom. The Morgan fingerprint density at radius 1 is 1.00 bits per heavy atom. The van der Waals surface area contributed by atoms with Gasteiger partial charge in [-0.1, -0.05) is 36.8 Å². The van der Waals surface area contributed by atoms with Crippen molar-refractivity contribution in [3.63, 3.8) is 0 Å². The number of rotatable bonds is 4. The fraction of sp³-hybridized carbons (Fsp3) is 0.412. The van der Waals surface area contributed by atoms with Crippen molar-refractivity contribution in [3.05, 3.63) is 60.2 Å². The number of piperidine rings is 1. The highest BCUT2D eigenvalue weighted by Gasteiger charge is 2.20. The Kier molecular flexibility index (Phi) is 6.15. The van der Waals surface area contributed by atoms with Crippen molar-refractivity contribution in [1.29, 1.82) is 0 Å². The summed E-state index contributed by atoms with van der Waals surface area (Å²) in [6.45, 7) is 3.47. The van der Waals surface area contributed by atoms with E-state index >= 15 is 0 Å². The summed E-state index contributed by atoms with van der Waals surface area (Å²) in [6, 6.07) is 10.7. The number of halogens is 1. The summed E-state index contributed by atoms with van der Waals surface area (Å²) in [5, 5.41) is 0. The number of hydrogen-bond donors (Lipinski definition) is 0. The molecule has 3 rings (SSSR count). The van der Waals surface area contributed by atoms with Crippen LogP contribution in [0.2, 0.25) is 0 Å². The molecular weight excluding hydrogens is 282 g/mol. The van der Waals surface area contributed by atoms with Crippen molar-refractivity contribution in [1.82, 2.24) is 14.9 Å². The summed E-state index contributed by atoms with van der Waals surface area (Å²) in [5.74, 6) is 0.322. The number of benzene rings is 1. The minimum atomic E-state index is 0. The first kappa shape index (κ1) is 15.9. The van der Waals surface area contributed by atoms with Gasteiger partial charge in [0, 0.05) is 31.1 Å². The van der Waals surface area contributed by atoms with Crippen molar-refractivity contribution in [2.45, 2.75) is 25.2 Å². The molecule has 1 saturated heterocycles. The molecule has 1 aliphatic heterocycles. The predicted octanol–water partition coefficient (Wildman–Crippen LogP) is 3.52. The van der Waals surface area contributed by atoms with Crippen LogP contribution in [0.1, 0.15) is 36.4 Å². The number of hydrogen-bond acceptors (Lipinski definition) is 3. The van der Waals surface area contributed by atoms with Crippen LogP contribution in [0.5, 0.6) is 0 Å². The zero-order chi connectivity index (χ0) is 13.6. The molecule has 0 aliphatic carbocycles. The average molecular weight is 304 g/mol. The van der Waals surface area contributed by atoms with Gasteiger partial charge in [-0.05, 0) is 31.5 Å². The standard InChI is InChI=1S/C17H21N3.ClH/c1-3-7-15(8-4-1)16(17-13-18-9-10-19-17)14-20-11-5-2-6-12-20;/h1,3-4,7-10,13,16H,2,5-6,11-12,14H2;1H. The molecule has 0 bridgehead atoms. The first-order valence-electron chi connectivity index (χ1n) is 7.47. The maximum Gasteiger partial charge on any atom is 0.0674 e. The van der Waals surface area contributed by atoms with Gasteiger partial charge in [-0.2, -0.15) is 0 Å². The molecule has 0 amide bonds. The fourth-order valence-corrected chi connectivity index (χ4v) is 2.95. The van der Waals surface area contributed by atoms with E-state index in [0.717, 1.165) is 12.2 Å². The molecule has 112 valence electrons. The van der Waals surface area contributed by atoms with Crippen LogP contribution < -0.4 is 0 Å². The summed E-state index contributed by atoms with van der Waals surface area (Å²) in [5.41, 5.74) is 2.41. The Labute approximate surface area is 132 Å². The van der Waals surface area contributed by atoms with E-state index in [2.05, 4.69) is 45.2 Å². The molecule has 1 fully saturated rings. The predicted molar refractivity (Wildman–Crippen MR) is 87.9 cm³/mol. The molecule has 3 nitrogen and oxygen atoms in total. The van der Waals surface area contributed by atoms with E-state index in [-0.39, 0.29) is 12.4 Å². The van der Waals surface area contributed by atoms with Crippen molar-refractivity contribution < 1.29 is 0 Å². The second kappa shape index (κ2) is 8.11. The zero-order valence-electron chi connectivity index (χ0n) is 12.2. The van der Waals surface area contributed by atoms with Crippen molar-refractivity contribution in [3.8, 4) is 0 Å². The van der Waals surface area contributed by atoms with Crippen molar-refractivity contribution in [2.75, 3.05) is 19.6 Å². The van der Waals surface area contributed by atoms with Gasteiger partial charge >= 0.3 is 0 Å². The minimum absolute atomic E-state index is 0. The van der Waals surface area contributed by atoms with Crippen LogP contribution in [-0.2, 0) is 0 Å². The van der Waals surface area contributed by atoms with E-state index < -0.39 is 0 Å². The average Bonchev–Trinajstić information content (AvgIpc) is 2.55. The smallest absolute Gasteiger partial charge is 0.0674 e. The van der Waals surface area contributed by atoms with Crippen molar-refractivity contribution in [2.24, 2.45) is 0 Å². The second-order valence-electron chi connectivity index (χ2n) is 5.45. The molecule has 0 radical (unpaired) electrons. The monoisotopic (exact) mass is 303 g/mol.